The molecule has 0 aliphatic carbocycles. The molecule has 1 heterocycles. The Morgan fingerprint density at radius 1 is 1.30 bits per heavy atom. The van der Waals surface area contributed by atoms with Gasteiger partial charge in [-0.1, -0.05) is 48.0 Å². The van der Waals surface area contributed by atoms with E-state index in [-0.39, 0.29) is 5.69 Å². The Morgan fingerprint density at radius 2 is 2.00 bits per heavy atom. The van der Waals surface area contributed by atoms with Crippen LogP contribution in [0.1, 0.15) is 40.7 Å². The molecule has 0 atom stereocenters. The van der Waals surface area contributed by atoms with Crippen LogP contribution >= 0.6 is 0 Å². The number of hydrogen-bond acceptors (Lipinski definition) is 3. The summed E-state index contributed by atoms with van der Waals surface area (Å²) in [6, 6.07) is 8.00. The summed E-state index contributed by atoms with van der Waals surface area (Å²) in [6.07, 6.45) is 4.49. The molecule has 0 bridgehead atoms. The lowest BCUT2D eigenvalue weighted by atomic mass is 10.1. The first-order chi connectivity index (χ1) is 9.61. The molecule has 20 heavy (non-hydrogen) atoms. The summed E-state index contributed by atoms with van der Waals surface area (Å²) in [4.78, 5) is 11.1. The molecule has 5 nitrogen and oxygen atoms in total. The van der Waals surface area contributed by atoms with Crippen molar-refractivity contribution in [2.45, 2.75) is 26.8 Å². The third kappa shape index (κ3) is 3.12. The summed E-state index contributed by atoms with van der Waals surface area (Å²) in [5.41, 5.74) is 2.71. The van der Waals surface area contributed by atoms with Crippen molar-refractivity contribution in [2.75, 3.05) is 0 Å². The lowest BCUT2D eigenvalue weighted by Gasteiger charge is -2.01. The Labute approximate surface area is 117 Å². The van der Waals surface area contributed by atoms with Gasteiger partial charge in [0.1, 0.15) is 0 Å². The molecule has 0 radical (unpaired) electrons. The molecule has 2 aromatic rings. The Bertz CT molecular complexity index is 627. The van der Waals surface area contributed by atoms with Crippen LogP contribution in [0.4, 0.5) is 0 Å². The molecule has 0 fully saturated rings. The van der Waals surface area contributed by atoms with E-state index in [1.807, 2.05) is 44.2 Å². The fraction of sp³-hybridized carbons (Fsp3) is 0.267. The average Bonchev–Trinajstić information content (AvgIpc) is 2.82. The predicted molar refractivity (Wildman–Crippen MR) is 77.4 cm³/mol. The Kier molecular flexibility index (Phi) is 4.30. The molecule has 0 aliphatic heterocycles. The normalized spacial score (nSPS) is 11.1. The van der Waals surface area contributed by atoms with Crippen LogP contribution in [0.15, 0.2) is 24.3 Å². The van der Waals surface area contributed by atoms with Crippen LogP contribution in [-0.2, 0) is 6.54 Å². The summed E-state index contributed by atoms with van der Waals surface area (Å²) in [5, 5.41) is 16.7. The number of hydrogen-bond donors (Lipinski definition) is 1. The van der Waals surface area contributed by atoms with Gasteiger partial charge in [0.2, 0.25) is 0 Å². The summed E-state index contributed by atoms with van der Waals surface area (Å²) >= 11 is 0. The van der Waals surface area contributed by atoms with Gasteiger partial charge in [0.25, 0.3) is 0 Å². The van der Waals surface area contributed by atoms with Gasteiger partial charge in [-0.15, -0.1) is 5.10 Å². The highest BCUT2D eigenvalue weighted by Gasteiger charge is 2.16. The number of benzene rings is 1. The largest absolute Gasteiger partial charge is 0.476 e. The van der Waals surface area contributed by atoms with E-state index in [0.29, 0.717) is 12.2 Å². The highest BCUT2D eigenvalue weighted by molar-refractivity contribution is 5.90. The van der Waals surface area contributed by atoms with Crippen LogP contribution in [0.25, 0.3) is 12.2 Å². The molecule has 0 aliphatic rings. The summed E-state index contributed by atoms with van der Waals surface area (Å²) in [7, 11) is 0. The second kappa shape index (κ2) is 6.14. The van der Waals surface area contributed by atoms with Gasteiger partial charge in [0.05, 0.1) is 5.69 Å². The minimum Gasteiger partial charge on any atom is -0.476 e. The van der Waals surface area contributed by atoms with Crippen LogP contribution < -0.4 is 0 Å². The van der Waals surface area contributed by atoms with Crippen molar-refractivity contribution in [3.05, 3.63) is 46.8 Å². The maximum Gasteiger partial charge on any atom is 0.358 e. The molecule has 1 N–H and O–H groups in total. The average molecular weight is 271 g/mol. The van der Waals surface area contributed by atoms with Crippen molar-refractivity contribution in [1.82, 2.24) is 15.0 Å². The first-order valence-electron chi connectivity index (χ1n) is 6.53. The molecule has 1 aromatic carbocycles. The lowest BCUT2D eigenvalue weighted by molar-refractivity contribution is 0.0690. The van der Waals surface area contributed by atoms with Gasteiger partial charge in [-0.3, -0.25) is 0 Å². The van der Waals surface area contributed by atoms with E-state index in [0.717, 1.165) is 12.0 Å². The molecule has 2 rings (SSSR count). The first-order valence-corrected chi connectivity index (χ1v) is 6.53. The highest BCUT2D eigenvalue weighted by atomic mass is 16.4. The van der Waals surface area contributed by atoms with Gasteiger partial charge in [-0.25, -0.2) is 9.48 Å². The summed E-state index contributed by atoms with van der Waals surface area (Å²) in [5.74, 6) is -1.06. The monoisotopic (exact) mass is 271 g/mol. The van der Waals surface area contributed by atoms with E-state index in [2.05, 4.69) is 10.3 Å². The standard InChI is InChI=1S/C15H17N3O2/c1-3-10-18-13(14(15(19)20)16-17-18)9-8-12-6-4-11(2)5-7-12/h4-9H,3,10H2,1-2H3,(H,19,20)/b9-8+. The number of rotatable bonds is 5. The van der Waals surface area contributed by atoms with Crippen molar-refractivity contribution in [3.8, 4) is 0 Å². The number of aromatic nitrogens is 3. The topological polar surface area (TPSA) is 68.0 Å². The number of carboxylic acids is 1. The number of aromatic carboxylic acids is 1. The van der Waals surface area contributed by atoms with Gasteiger partial charge in [-0.2, -0.15) is 0 Å². The smallest absolute Gasteiger partial charge is 0.358 e. The minimum atomic E-state index is -1.06. The fourth-order valence-electron chi connectivity index (χ4n) is 1.87. The van der Waals surface area contributed by atoms with Gasteiger partial charge >= 0.3 is 5.97 Å². The van der Waals surface area contributed by atoms with Crippen LogP contribution in [-0.4, -0.2) is 26.1 Å². The molecule has 0 unspecified atom stereocenters. The molecule has 0 saturated heterocycles. The molecule has 0 saturated carbocycles. The van der Waals surface area contributed by atoms with Gasteiger partial charge in [0.15, 0.2) is 5.69 Å². The number of carbonyl (C=O) groups is 1. The lowest BCUT2D eigenvalue weighted by Crippen LogP contribution is -2.04. The van der Waals surface area contributed by atoms with E-state index >= 15 is 0 Å². The number of carboxylic acid groups (broad SMARTS) is 1. The molecule has 1 aromatic heterocycles. The number of nitrogens with zero attached hydrogens (tertiary/aromatic N) is 3. The van der Waals surface area contributed by atoms with Crippen molar-refractivity contribution in [2.24, 2.45) is 0 Å². The summed E-state index contributed by atoms with van der Waals surface area (Å²) < 4.78 is 1.62. The van der Waals surface area contributed by atoms with E-state index < -0.39 is 5.97 Å². The molecular weight excluding hydrogens is 254 g/mol. The number of aryl methyl sites for hydroxylation is 2. The van der Waals surface area contributed by atoms with E-state index in [1.165, 1.54) is 5.56 Å². The van der Waals surface area contributed by atoms with Crippen molar-refractivity contribution in [1.29, 1.82) is 0 Å². The molecule has 5 heteroatoms. The van der Waals surface area contributed by atoms with Crippen molar-refractivity contribution in [3.63, 3.8) is 0 Å². The maximum absolute atomic E-state index is 11.1. The Hall–Kier alpha value is -2.43. The third-order valence-electron chi connectivity index (χ3n) is 2.92. The molecule has 104 valence electrons. The minimum absolute atomic E-state index is 0.0122. The zero-order valence-corrected chi connectivity index (χ0v) is 11.6. The highest BCUT2D eigenvalue weighted by Crippen LogP contribution is 2.13. The quantitative estimate of drug-likeness (QED) is 0.908. The van der Waals surface area contributed by atoms with Crippen LogP contribution in [0.5, 0.6) is 0 Å². The maximum atomic E-state index is 11.1. The molecular formula is C15H17N3O2. The second-order valence-electron chi connectivity index (χ2n) is 4.60. The molecule has 0 amide bonds. The van der Waals surface area contributed by atoms with Crippen LogP contribution in [0, 0.1) is 6.92 Å². The van der Waals surface area contributed by atoms with Crippen LogP contribution in [0.3, 0.4) is 0 Å². The SMILES string of the molecule is CCCn1nnc(C(=O)O)c1/C=C/c1ccc(C)cc1. The Balaban J connectivity index is 2.33. The Morgan fingerprint density at radius 3 is 2.60 bits per heavy atom. The second-order valence-corrected chi connectivity index (χ2v) is 4.60. The zero-order valence-electron chi connectivity index (χ0n) is 11.6. The third-order valence-corrected chi connectivity index (χ3v) is 2.92. The first kappa shape index (κ1) is 14.0. The molecule has 0 spiro atoms. The van der Waals surface area contributed by atoms with E-state index in [4.69, 9.17) is 5.11 Å². The summed E-state index contributed by atoms with van der Waals surface area (Å²) in [6.45, 7) is 4.68. The van der Waals surface area contributed by atoms with Gasteiger partial charge in [-0.05, 0) is 25.0 Å². The van der Waals surface area contributed by atoms with Crippen LogP contribution in [0.2, 0.25) is 0 Å². The van der Waals surface area contributed by atoms with Crippen molar-refractivity contribution < 1.29 is 9.90 Å². The zero-order chi connectivity index (χ0) is 14.5. The van der Waals surface area contributed by atoms with Gasteiger partial charge < -0.3 is 5.11 Å². The fourth-order valence-corrected chi connectivity index (χ4v) is 1.87. The van der Waals surface area contributed by atoms with E-state index in [1.54, 1.807) is 10.8 Å². The predicted octanol–water partition coefficient (Wildman–Crippen LogP) is 2.87. The van der Waals surface area contributed by atoms with E-state index in [9.17, 15) is 4.79 Å². The van der Waals surface area contributed by atoms with Gasteiger partial charge in [0, 0.05) is 6.54 Å². The van der Waals surface area contributed by atoms with Crippen molar-refractivity contribution >= 4 is 18.1 Å².